The predicted octanol–water partition coefficient (Wildman–Crippen LogP) is 5.59. The maximum atomic E-state index is 15.1. The Balaban J connectivity index is 1.37. The van der Waals surface area contributed by atoms with Gasteiger partial charge < -0.3 is 19.7 Å². The van der Waals surface area contributed by atoms with Gasteiger partial charge in [-0.25, -0.2) is 28.7 Å². The molecular formula is C28H34F2N8. The van der Waals surface area contributed by atoms with Gasteiger partial charge in [0.05, 0.1) is 23.6 Å². The zero-order valence-corrected chi connectivity index (χ0v) is 22.4. The van der Waals surface area contributed by atoms with Gasteiger partial charge in [-0.15, -0.1) is 0 Å². The second kappa shape index (κ2) is 11.0. The number of hydrogen-bond donors (Lipinski definition) is 1. The second-order valence-electron chi connectivity index (χ2n) is 9.83. The highest BCUT2D eigenvalue weighted by atomic mass is 19.1. The number of halogens is 2. The van der Waals surface area contributed by atoms with Crippen LogP contribution in [0.4, 0.5) is 26.2 Å². The monoisotopic (exact) mass is 520 g/mol. The van der Waals surface area contributed by atoms with Crippen molar-refractivity contribution >= 4 is 28.5 Å². The van der Waals surface area contributed by atoms with E-state index in [0.29, 0.717) is 22.4 Å². The molecule has 4 heterocycles. The minimum atomic E-state index is -0.626. The Labute approximate surface area is 221 Å². The van der Waals surface area contributed by atoms with Gasteiger partial charge in [-0.2, -0.15) is 0 Å². The Morgan fingerprint density at radius 1 is 1.03 bits per heavy atom. The molecule has 1 unspecified atom stereocenters. The van der Waals surface area contributed by atoms with E-state index in [4.69, 9.17) is 0 Å². The third-order valence-electron chi connectivity index (χ3n) is 7.38. The van der Waals surface area contributed by atoms with Crippen molar-refractivity contribution in [1.29, 1.82) is 0 Å². The van der Waals surface area contributed by atoms with Gasteiger partial charge in [0.25, 0.3) is 0 Å². The lowest BCUT2D eigenvalue weighted by Gasteiger charge is -2.24. The predicted molar refractivity (Wildman–Crippen MR) is 147 cm³/mol. The van der Waals surface area contributed by atoms with E-state index >= 15 is 4.39 Å². The number of imidazole rings is 1. The number of nitrogens with one attached hydrogen (secondary N) is 1. The van der Waals surface area contributed by atoms with Crippen molar-refractivity contribution in [1.82, 2.24) is 29.4 Å². The third-order valence-corrected chi connectivity index (χ3v) is 7.38. The number of likely N-dealkylation sites (N-methyl/N-ethyl adjacent to an activating group) is 2. The first-order valence-electron chi connectivity index (χ1n) is 13.3. The molecular weight excluding hydrogens is 486 g/mol. The quantitative estimate of drug-likeness (QED) is 0.309. The van der Waals surface area contributed by atoms with Crippen LogP contribution in [-0.4, -0.2) is 62.6 Å². The fourth-order valence-electron chi connectivity index (χ4n) is 5.08. The number of nitrogens with zero attached hydrogens (tertiary/aromatic N) is 7. The summed E-state index contributed by atoms with van der Waals surface area (Å²) in [5.74, 6) is 0.471. The summed E-state index contributed by atoms with van der Waals surface area (Å²) in [5.41, 5.74) is 2.34. The fraction of sp³-hybridized carbons (Fsp3) is 0.429. The first kappa shape index (κ1) is 26.0. The largest absolute Gasteiger partial charge is 0.372 e. The van der Waals surface area contributed by atoms with Gasteiger partial charge in [-0.05, 0) is 57.1 Å². The van der Waals surface area contributed by atoms with E-state index in [1.54, 1.807) is 12.3 Å². The van der Waals surface area contributed by atoms with Crippen molar-refractivity contribution in [3.63, 3.8) is 0 Å². The molecule has 0 spiro atoms. The van der Waals surface area contributed by atoms with E-state index in [0.717, 1.165) is 63.2 Å². The molecule has 5 rings (SSSR count). The number of aromatic nitrogens is 5. The maximum Gasteiger partial charge on any atom is 0.229 e. The molecule has 0 radical (unpaired) electrons. The van der Waals surface area contributed by atoms with Crippen LogP contribution in [0.3, 0.4) is 0 Å². The first-order chi connectivity index (χ1) is 18.4. The summed E-state index contributed by atoms with van der Waals surface area (Å²) in [6.07, 6.45) is 5.70. The number of aryl methyl sites for hydroxylation is 1. The summed E-state index contributed by atoms with van der Waals surface area (Å²) in [4.78, 5) is 22.0. The zero-order valence-electron chi connectivity index (χ0n) is 22.4. The molecule has 0 fully saturated rings. The number of rotatable bonds is 9. The summed E-state index contributed by atoms with van der Waals surface area (Å²) >= 11 is 0. The Morgan fingerprint density at radius 3 is 2.58 bits per heavy atom. The van der Waals surface area contributed by atoms with Gasteiger partial charge in [-0.3, -0.25) is 0 Å². The number of pyridine rings is 1. The average Bonchev–Trinajstić information content (AvgIpc) is 3.31. The van der Waals surface area contributed by atoms with Crippen LogP contribution >= 0.6 is 0 Å². The van der Waals surface area contributed by atoms with Gasteiger partial charge >= 0.3 is 0 Å². The lowest BCUT2D eigenvalue weighted by molar-refractivity contribution is 0.311. The number of hydrogen-bond acceptors (Lipinski definition) is 7. The van der Waals surface area contributed by atoms with Crippen LogP contribution in [0.15, 0.2) is 36.7 Å². The molecule has 1 aromatic carbocycles. The standard InChI is InChI=1S/C28H34F2N8/c1-5-37(6-2)13-12-36(4)20-10-11-24(31-16-20)33-28-32-17-22(30)26(35-28)19-14-21(29)27-23(15-19)38-18(3)8-7-9-25(38)34-27/h10-11,14-18H,5-9,12-13H2,1-4H3,(H,31,32,33,35). The molecule has 1 N–H and O–H groups in total. The summed E-state index contributed by atoms with van der Waals surface area (Å²) < 4.78 is 32.0. The molecule has 0 bridgehead atoms. The van der Waals surface area contributed by atoms with E-state index in [9.17, 15) is 4.39 Å². The maximum absolute atomic E-state index is 15.1. The molecule has 4 aromatic rings. The molecule has 38 heavy (non-hydrogen) atoms. The Morgan fingerprint density at radius 2 is 1.84 bits per heavy atom. The van der Waals surface area contributed by atoms with Gasteiger partial charge in [-0.1, -0.05) is 13.8 Å². The topological polar surface area (TPSA) is 75.0 Å². The molecule has 1 atom stereocenters. The van der Waals surface area contributed by atoms with E-state index in [1.807, 2.05) is 19.2 Å². The normalized spacial score (nSPS) is 15.2. The van der Waals surface area contributed by atoms with E-state index < -0.39 is 11.6 Å². The minimum Gasteiger partial charge on any atom is -0.372 e. The van der Waals surface area contributed by atoms with Crippen LogP contribution < -0.4 is 10.2 Å². The lowest BCUT2D eigenvalue weighted by Crippen LogP contribution is -2.33. The van der Waals surface area contributed by atoms with Crippen molar-refractivity contribution in [2.45, 2.75) is 46.1 Å². The van der Waals surface area contributed by atoms with Gasteiger partial charge in [0.1, 0.15) is 22.9 Å². The number of anilines is 3. The van der Waals surface area contributed by atoms with Crippen molar-refractivity contribution in [2.75, 3.05) is 43.4 Å². The van der Waals surface area contributed by atoms with Crippen LogP contribution in [-0.2, 0) is 6.42 Å². The molecule has 10 heteroatoms. The molecule has 0 aliphatic carbocycles. The van der Waals surface area contributed by atoms with Gasteiger partial charge in [0.15, 0.2) is 11.6 Å². The van der Waals surface area contributed by atoms with Crippen LogP contribution in [0.1, 0.15) is 45.5 Å². The van der Waals surface area contributed by atoms with Crippen molar-refractivity contribution in [3.8, 4) is 11.3 Å². The molecule has 3 aromatic heterocycles. The summed E-state index contributed by atoms with van der Waals surface area (Å²) in [6, 6.07) is 7.07. The Kier molecular flexibility index (Phi) is 7.51. The molecule has 0 saturated carbocycles. The summed E-state index contributed by atoms with van der Waals surface area (Å²) in [6.45, 7) is 10.3. The van der Waals surface area contributed by atoms with Gasteiger partial charge in [0, 0.05) is 38.2 Å². The summed E-state index contributed by atoms with van der Waals surface area (Å²) in [5, 5.41) is 3.04. The van der Waals surface area contributed by atoms with Gasteiger partial charge in [0.2, 0.25) is 5.95 Å². The summed E-state index contributed by atoms with van der Waals surface area (Å²) in [7, 11) is 2.04. The highest BCUT2D eigenvalue weighted by Crippen LogP contribution is 2.34. The molecule has 1 aliphatic rings. The third kappa shape index (κ3) is 5.18. The van der Waals surface area contributed by atoms with Crippen molar-refractivity contribution in [3.05, 3.63) is 54.1 Å². The van der Waals surface area contributed by atoms with Crippen LogP contribution in [0.5, 0.6) is 0 Å². The fourth-order valence-corrected chi connectivity index (χ4v) is 5.08. The van der Waals surface area contributed by atoms with Crippen LogP contribution in [0.2, 0.25) is 0 Å². The van der Waals surface area contributed by atoms with Crippen molar-refractivity contribution < 1.29 is 8.78 Å². The number of fused-ring (bicyclic) bond motifs is 3. The zero-order chi connectivity index (χ0) is 26.8. The smallest absolute Gasteiger partial charge is 0.229 e. The highest BCUT2D eigenvalue weighted by Gasteiger charge is 2.23. The van der Waals surface area contributed by atoms with E-state index in [2.05, 4.69) is 60.4 Å². The second-order valence-corrected chi connectivity index (χ2v) is 9.83. The molecule has 0 saturated heterocycles. The Hall–Kier alpha value is -3.66. The highest BCUT2D eigenvalue weighted by molar-refractivity contribution is 5.83. The Bertz CT molecular complexity index is 1410. The minimum absolute atomic E-state index is 0.0232. The average molecular weight is 521 g/mol. The van der Waals surface area contributed by atoms with Crippen molar-refractivity contribution in [2.24, 2.45) is 0 Å². The molecule has 8 nitrogen and oxygen atoms in total. The van der Waals surface area contributed by atoms with Crippen LogP contribution in [0, 0.1) is 11.6 Å². The lowest BCUT2D eigenvalue weighted by atomic mass is 10.1. The molecule has 200 valence electrons. The molecule has 1 aliphatic heterocycles. The SMILES string of the molecule is CCN(CC)CCN(C)c1ccc(Nc2ncc(F)c(-c3cc(F)c4nc5n(c4c3)C(C)CCC5)n2)nc1. The first-order valence-corrected chi connectivity index (χ1v) is 13.3. The van der Waals surface area contributed by atoms with Crippen LogP contribution in [0.25, 0.3) is 22.3 Å². The molecule has 0 amide bonds. The van der Waals surface area contributed by atoms with E-state index in [-0.39, 0.29) is 17.7 Å². The number of benzene rings is 1. The van der Waals surface area contributed by atoms with E-state index in [1.165, 1.54) is 6.07 Å².